The van der Waals surface area contributed by atoms with Crippen LogP contribution in [0.1, 0.15) is 28.7 Å². The average Bonchev–Trinajstić information content (AvgIpc) is 3.18. The molecule has 0 spiro atoms. The maximum absolute atomic E-state index is 13.0. The van der Waals surface area contributed by atoms with E-state index in [0.717, 1.165) is 4.68 Å². The number of anilines is 1. The molecule has 1 amide bonds. The van der Waals surface area contributed by atoms with Crippen LogP contribution < -0.4 is 11.2 Å². The first-order valence-electron chi connectivity index (χ1n) is 7.08. The zero-order valence-electron chi connectivity index (χ0n) is 13.3. The van der Waals surface area contributed by atoms with Crippen molar-refractivity contribution in [2.45, 2.75) is 13.8 Å². The minimum Gasteiger partial charge on any atom is -0.378 e. The third-order valence-corrected chi connectivity index (χ3v) is 3.34. The molecule has 25 heavy (non-hydrogen) atoms. The second-order valence-electron chi connectivity index (χ2n) is 5.05. The lowest BCUT2D eigenvalue weighted by Crippen LogP contribution is -2.24. The van der Waals surface area contributed by atoms with E-state index in [0.29, 0.717) is 17.0 Å². The first-order chi connectivity index (χ1) is 12.0. The Morgan fingerprint density at radius 1 is 1.32 bits per heavy atom. The Morgan fingerprint density at radius 3 is 2.68 bits per heavy atom. The Hall–Kier alpha value is -3.63. The molecule has 0 aliphatic rings. The monoisotopic (exact) mass is 344 g/mol. The number of halogens is 1. The SMILES string of the molecule is C/C(=N\NC(=O)c1c(C)nnn1-c1nonc1N)c1ccc(F)cc1. The number of nitrogens with one attached hydrogen (secondary N) is 1. The molecule has 128 valence electrons. The van der Waals surface area contributed by atoms with Gasteiger partial charge >= 0.3 is 0 Å². The van der Waals surface area contributed by atoms with E-state index in [9.17, 15) is 9.18 Å². The highest BCUT2D eigenvalue weighted by Crippen LogP contribution is 2.15. The van der Waals surface area contributed by atoms with Gasteiger partial charge < -0.3 is 5.73 Å². The van der Waals surface area contributed by atoms with E-state index < -0.39 is 5.91 Å². The highest BCUT2D eigenvalue weighted by atomic mass is 19.1. The van der Waals surface area contributed by atoms with Crippen molar-refractivity contribution in [1.82, 2.24) is 30.7 Å². The van der Waals surface area contributed by atoms with Crippen molar-refractivity contribution in [3.63, 3.8) is 0 Å². The molecule has 2 heterocycles. The van der Waals surface area contributed by atoms with Crippen LogP contribution in [0.2, 0.25) is 0 Å². The summed E-state index contributed by atoms with van der Waals surface area (Å²) in [6, 6.07) is 5.72. The fraction of sp³-hybridized carbons (Fsp3) is 0.143. The highest BCUT2D eigenvalue weighted by Gasteiger charge is 2.22. The molecule has 1 aromatic carbocycles. The summed E-state index contributed by atoms with van der Waals surface area (Å²) in [4.78, 5) is 12.4. The number of carbonyl (C=O) groups excluding carboxylic acids is 1. The van der Waals surface area contributed by atoms with E-state index in [1.165, 1.54) is 12.1 Å². The van der Waals surface area contributed by atoms with Crippen molar-refractivity contribution in [1.29, 1.82) is 0 Å². The first kappa shape index (κ1) is 16.2. The third-order valence-electron chi connectivity index (χ3n) is 3.34. The van der Waals surface area contributed by atoms with Gasteiger partial charge in [-0.25, -0.2) is 14.4 Å². The van der Waals surface area contributed by atoms with Gasteiger partial charge in [-0.15, -0.1) is 5.10 Å². The summed E-state index contributed by atoms with van der Waals surface area (Å²) in [6.07, 6.45) is 0. The van der Waals surface area contributed by atoms with Crippen LogP contribution in [0.15, 0.2) is 34.0 Å². The lowest BCUT2D eigenvalue weighted by atomic mass is 10.1. The van der Waals surface area contributed by atoms with Crippen LogP contribution in [0, 0.1) is 12.7 Å². The van der Waals surface area contributed by atoms with Crippen LogP contribution in [-0.2, 0) is 0 Å². The summed E-state index contributed by atoms with van der Waals surface area (Å²) < 4.78 is 18.6. The molecule has 0 radical (unpaired) electrons. The minimum absolute atomic E-state index is 0.0371. The van der Waals surface area contributed by atoms with Crippen LogP contribution in [0.4, 0.5) is 10.2 Å². The van der Waals surface area contributed by atoms with Crippen molar-refractivity contribution in [2.75, 3.05) is 5.73 Å². The number of benzene rings is 1. The van der Waals surface area contributed by atoms with Gasteiger partial charge in [0.2, 0.25) is 11.6 Å². The van der Waals surface area contributed by atoms with Gasteiger partial charge in [-0.1, -0.05) is 17.3 Å². The maximum Gasteiger partial charge on any atom is 0.292 e. The molecule has 11 heteroatoms. The van der Waals surface area contributed by atoms with Gasteiger partial charge in [0.25, 0.3) is 5.91 Å². The van der Waals surface area contributed by atoms with E-state index in [4.69, 9.17) is 5.73 Å². The summed E-state index contributed by atoms with van der Waals surface area (Å²) in [7, 11) is 0. The fourth-order valence-electron chi connectivity index (χ4n) is 2.05. The number of carbonyl (C=O) groups is 1. The summed E-state index contributed by atoms with van der Waals surface area (Å²) in [5.41, 5.74) is 9.59. The Kier molecular flexibility index (Phi) is 4.20. The van der Waals surface area contributed by atoms with Crippen LogP contribution in [0.3, 0.4) is 0 Å². The second-order valence-corrected chi connectivity index (χ2v) is 5.05. The summed E-state index contributed by atoms with van der Waals surface area (Å²) >= 11 is 0. The molecule has 0 aliphatic carbocycles. The quantitative estimate of drug-likeness (QED) is 0.528. The molecule has 0 aliphatic heterocycles. The highest BCUT2D eigenvalue weighted by molar-refractivity contribution is 6.00. The Bertz CT molecular complexity index is 944. The summed E-state index contributed by atoms with van der Waals surface area (Å²) in [5.74, 6) is -0.925. The van der Waals surface area contributed by atoms with E-state index in [1.807, 2.05) is 0 Å². The molecule has 0 saturated heterocycles. The number of nitrogens with zero attached hydrogens (tertiary/aromatic N) is 6. The van der Waals surface area contributed by atoms with Gasteiger partial charge in [-0.2, -0.15) is 9.78 Å². The minimum atomic E-state index is -0.577. The average molecular weight is 344 g/mol. The maximum atomic E-state index is 13.0. The number of hydrazone groups is 1. The molecule has 3 aromatic rings. The van der Waals surface area contributed by atoms with Crippen molar-refractivity contribution in [3.8, 4) is 5.82 Å². The second kappa shape index (κ2) is 6.47. The van der Waals surface area contributed by atoms with Crippen molar-refractivity contribution < 1.29 is 13.8 Å². The molecule has 0 saturated carbocycles. The zero-order valence-corrected chi connectivity index (χ0v) is 13.3. The Labute approximate surface area is 140 Å². The molecule has 0 unspecified atom stereocenters. The topological polar surface area (TPSA) is 137 Å². The van der Waals surface area contributed by atoms with Gasteiger partial charge in [0, 0.05) is 0 Å². The molecular weight excluding hydrogens is 331 g/mol. The number of hydrogen-bond donors (Lipinski definition) is 2. The molecule has 0 fully saturated rings. The van der Waals surface area contributed by atoms with Crippen molar-refractivity contribution in [2.24, 2.45) is 5.10 Å². The number of nitrogens with two attached hydrogens (primary N) is 1. The number of hydrogen-bond acceptors (Lipinski definition) is 8. The predicted octanol–water partition coefficient (Wildman–Crippen LogP) is 0.834. The molecule has 3 rings (SSSR count). The zero-order chi connectivity index (χ0) is 18.0. The number of rotatable bonds is 4. The largest absolute Gasteiger partial charge is 0.378 e. The number of amides is 1. The number of aryl methyl sites for hydroxylation is 1. The molecule has 0 bridgehead atoms. The van der Waals surface area contributed by atoms with Crippen molar-refractivity contribution in [3.05, 3.63) is 47.0 Å². The van der Waals surface area contributed by atoms with E-state index in [-0.39, 0.29) is 23.1 Å². The van der Waals surface area contributed by atoms with Crippen LogP contribution in [0.25, 0.3) is 5.82 Å². The van der Waals surface area contributed by atoms with E-state index in [1.54, 1.807) is 26.0 Å². The lowest BCUT2D eigenvalue weighted by molar-refractivity contribution is 0.0946. The Balaban J connectivity index is 1.85. The Morgan fingerprint density at radius 2 is 2.04 bits per heavy atom. The van der Waals surface area contributed by atoms with Gasteiger partial charge in [-0.05, 0) is 41.9 Å². The van der Waals surface area contributed by atoms with Gasteiger partial charge in [0.1, 0.15) is 5.82 Å². The summed E-state index contributed by atoms with van der Waals surface area (Å²) in [5, 5.41) is 18.7. The predicted molar refractivity (Wildman–Crippen MR) is 84.4 cm³/mol. The summed E-state index contributed by atoms with van der Waals surface area (Å²) in [6.45, 7) is 3.27. The fourth-order valence-corrected chi connectivity index (χ4v) is 2.05. The van der Waals surface area contributed by atoms with Gasteiger partial charge in [0.05, 0.1) is 11.4 Å². The van der Waals surface area contributed by atoms with Crippen LogP contribution in [-0.4, -0.2) is 36.9 Å². The van der Waals surface area contributed by atoms with E-state index >= 15 is 0 Å². The van der Waals surface area contributed by atoms with Gasteiger partial charge in [-0.3, -0.25) is 4.79 Å². The molecule has 0 atom stereocenters. The van der Waals surface area contributed by atoms with E-state index in [2.05, 4.69) is 35.8 Å². The smallest absolute Gasteiger partial charge is 0.292 e. The van der Waals surface area contributed by atoms with Crippen LogP contribution in [0.5, 0.6) is 0 Å². The normalized spacial score (nSPS) is 11.6. The first-order valence-corrected chi connectivity index (χ1v) is 7.08. The standard InChI is InChI=1S/C14H13FN8O2/c1-7(9-3-5-10(15)6-4-9)17-19-14(24)11-8(2)18-22-23(11)13-12(16)20-25-21-13/h3-6H,1-2H3,(H2,16,20)(H,19,24)/b17-7+. The molecule has 2 aromatic heterocycles. The number of nitrogen functional groups attached to an aromatic ring is 1. The number of aromatic nitrogens is 5. The van der Waals surface area contributed by atoms with Crippen molar-refractivity contribution >= 4 is 17.4 Å². The molecular formula is C14H13FN8O2. The van der Waals surface area contributed by atoms with Gasteiger partial charge in [0.15, 0.2) is 5.69 Å². The van der Waals surface area contributed by atoms with Crippen LogP contribution >= 0.6 is 0 Å². The third kappa shape index (κ3) is 3.20. The molecule has 10 nitrogen and oxygen atoms in total. The lowest BCUT2D eigenvalue weighted by Gasteiger charge is -2.04. The molecule has 3 N–H and O–H groups in total.